The molecular weight excluding hydrogens is 234 g/mol. The monoisotopic (exact) mass is 253 g/mol. The third-order valence-corrected chi connectivity index (χ3v) is 4.44. The molecule has 3 unspecified atom stereocenters. The maximum absolute atomic E-state index is 11.9. The van der Waals surface area contributed by atoms with Gasteiger partial charge in [0.15, 0.2) is 0 Å². The number of rotatable bonds is 2. The number of aliphatic carboxylic acids is 1. The molecule has 0 aromatic rings. The van der Waals surface area contributed by atoms with E-state index in [1.54, 1.807) is 0 Å². The number of carbonyl (C=O) groups is 2. The molecule has 3 saturated heterocycles. The molecule has 3 aliphatic heterocycles. The van der Waals surface area contributed by atoms with E-state index in [1.165, 1.54) is 0 Å². The minimum absolute atomic E-state index is 0.100. The van der Waals surface area contributed by atoms with Gasteiger partial charge in [0.25, 0.3) is 0 Å². The number of hydrogen-bond acceptors (Lipinski definition) is 4. The lowest BCUT2D eigenvalue weighted by Gasteiger charge is -2.39. The highest BCUT2D eigenvalue weighted by molar-refractivity contribution is 5.81. The third kappa shape index (κ3) is 1.80. The van der Waals surface area contributed by atoms with Crippen molar-refractivity contribution in [1.82, 2.24) is 15.1 Å². The minimum atomic E-state index is -0.786. The molecule has 3 heterocycles. The highest BCUT2D eigenvalue weighted by Gasteiger charge is 2.47. The highest BCUT2D eigenvalue weighted by Crippen LogP contribution is 2.33. The van der Waals surface area contributed by atoms with Gasteiger partial charge in [0.05, 0.1) is 0 Å². The SMILES string of the molecule is O=C(O)C1CNCCN1C1CC(=O)N2CCCC12. The molecule has 100 valence electrons. The van der Waals surface area contributed by atoms with E-state index in [4.69, 9.17) is 0 Å². The Hall–Kier alpha value is -1.14. The lowest BCUT2D eigenvalue weighted by atomic mass is 10.0. The van der Waals surface area contributed by atoms with Crippen molar-refractivity contribution in [2.75, 3.05) is 26.2 Å². The van der Waals surface area contributed by atoms with Crippen LogP contribution in [0.1, 0.15) is 19.3 Å². The zero-order chi connectivity index (χ0) is 12.7. The van der Waals surface area contributed by atoms with Gasteiger partial charge >= 0.3 is 5.97 Å². The lowest BCUT2D eigenvalue weighted by Crippen LogP contribution is -2.60. The summed E-state index contributed by atoms with van der Waals surface area (Å²) in [6.07, 6.45) is 2.57. The molecule has 0 spiro atoms. The first kappa shape index (κ1) is 11.9. The van der Waals surface area contributed by atoms with Crippen LogP contribution in [0, 0.1) is 0 Å². The van der Waals surface area contributed by atoms with Gasteiger partial charge in [-0.2, -0.15) is 0 Å². The molecule has 0 bridgehead atoms. The molecular formula is C12H19N3O3. The molecule has 6 nitrogen and oxygen atoms in total. The fourth-order valence-electron chi connectivity index (χ4n) is 3.62. The average molecular weight is 253 g/mol. The van der Waals surface area contributed by atoms with E-state index < -0.39 is 12.0 Å². The first-order valence-corrected chi connectivity index (χ1v) is 6.67. The molecule has 0 radical (unpaired) electrons. The number of carboxylic acids is 1. The largest absolute Gasteiger partial charge is 0.480 e. The van der Waals surface area contributed by atoms with Gasteiger partial charge in [-0.15, -0.1) is 0 Å². The van der Waals surface area contributed by atoms with E-state index in [0.717, 1.165) is 32.5 Å². The Morgan fingerprint density at radius 1 is 1.33 bits per heavy atom. The fraction of sp³-hybridized carbons (Fsp3) is 0.833. The fourth-order valence-corrected chi connectivity index (χ4v) is 3.62. The molecule has 3 atom stereocenters. The van der Waals surface area contributed by atoms with Crippen LogP contribution in [-0.4, -0.2) is 71.1 Å². The molecule has 3 aliphatic rings. The molecule has 0 saturated carbocycles. The smallest absolute Gasteiger partial charge is 0.322 e. The summed E-state index contributed by atoms with van der Waals surface area (Å²) >= 11 is 0. The Labute approximate surface area is 106 Å². The number of nitrogens with one attached hydrogen (secondary N) is 1. The Kier molecular flexibility index (Phi) is 2.99. The van der Waals surface area contributed by atoms with Crippen molar-refractivity contribution in [3.63, 3.8) is 0 Å². The van der Waals surface area contributed by atoms with E-state index in [9.17, 15) is 14.7 Å². The summed E-state index contributed by atoms with van der Waals surface area (Å²) in [6.45, 7) is 2.86. The van der Waals surface area contributed by atoms with Crippen LogP contribution in [0.3, 0.4) is 0 Å². The van der Waals surface area contributed by atoms with Crippen molar-refractivity contribution >= 4 is 11.9 Å². The molecule has 0 aromatic carbocycles. The van der Waals surface area contributed by atoms with Crippen LogP contribution in [0.4, 0.5) is 0 Å². The molecule has 0 aliphatic carbocycles. The Morgan fingerprint density at radius 3 is 2.94 bits per heavy atom. The second kappa shape index (κ2) is 4.51. The summed E-state index contributed by atoms with van der Waals surface area (Å²) in [7, 11) is 0. The van der Waals surface area contributed by atoms with Crippen molar-refractivity contribution < 1.29 is 14.7 Å². The summed E-state index contributed by atoms with van der Waals surface area (Å²) in [6, 6.07) is -0.141. The predicted molar refractivity (Wildman–Crippen MR) is 64.1 cm³/mol. The van der Waals surface area contributed by atoms with E-state index in [2.05, 4.69) is 5.32 Å². The van der Waals surface area contributed by atoms with E-state index in [-0.39, 0.29) is 18.0 Å². The molecule has 3 rings (SSSR count). The minimum Gasteiger partial charge on any atom is -0.480 e. The number of nitrogens with zero attached hydrogens (tertiary/aromatic N) is 2. The Morgan fingerprint density at radius 2 is 2.17 bits per heavy atom. The second-order valence-corrected chi connectivity index (χ2v) is 5.36. The summed E-state index contributed by atoms with van der Waals surface area (Å²) in [5, 5.41) is 12.4. The number of hydrogen-bond donors (Lipinski definition) is 2. The van der Waals surface area contributed by atoms with Gasteiger partial charge in [0, 0.05) is 44.7 Å². The van der Waals surface area contributed by atoms with Crippen LogP contribution >= 0.6 is 0 Å². The normalized spacial score (nSPS) is 37.0. The van der Waals surface area contributed by atoms with Crippen molar-refractivity contribution in [3.05, 3.63) is 0 Å². The van der Waals surface area contributed by atoms with Crippen LogP contribution in [0.2, 0.25) is 0 Å². The Bertz CT molecular complexity index is 374. The second-order valence-electron chi connectivity index (χ2n) is 5.36. The van der Waals surface area contributed by atoms with E-state index in [0.29, 0.717) is 13.0 Å². The Balaban J connectivity index is 1.80. The highest BCUT2D eigenvalue weighted by atomic mass is 16.4. The quantitative estimate of drug-likeness (QED) is 0.668. The first-order valence-electron chi connectivity index (χ1n) is 6.67. The maximum atomic E-state index is 11.9. The molecule has 3 fully saturated rings. The van der Waals surface area contributed by atoms with Crippen molar-refractivity contribution in [1.29, 1.82) is 0 Å². The molecule has 2 N–H and O–H groups in total. The molecule has 1 amide bonds. The van der Waals surface area contributed by atoms with Gasteiger partial charge in [0.2, 0.25) is 5.91 Å². The number of carbonyl (C=O) groups excluding carboxylic acids is 1. The summed E-state index contributed by atoms with van der Waals surface area (Å²) in [5.41, 5.74) is 0. The van der Waals surface area contributed by atoms with Crippen LogP contribution in [0.5, 0.6) is 0 Å². The van der Waals surface area contributed by atoms with Gasteiger partial charge in [-0.05, 0) is 12.8 Å². The summed E-state index contributed by atoms with van der Waals surface area (Å²) in [4.78, 5) is 27.2. The first-order chi connectivity index (χ1) is 8.68. The van der Waals surface area contributed by atoms with Crippen LogP contribution in [0.15, 0.2) is 0 Å². The number of carboxylic acid groups (broad SMARTS) is 1. The topological polar surface area (TPSA) is 72.9 Å². The zero-order valence-electron chi connectivity index (χ0n) is 10.3. The van der Waals surface area contributed by atoms with Gasteiger partial charge in [-0.3, -0.25) is 14.5 Å². The van der Waals surface area contributed by atoms with Gasteiger partial charge in [-0.25, -0.2) is 0 Å². The predicted octanol–water partition coefficient (Wildman–Crippen LogP) is -0.892. The molecule has 18 heavy (non-hydrogen) atoms. The van der Waals surface area contributed by atoms with Gasteiger partial charge < -0.3 is 15.3 Å². The number of piperazine rings is 1. The average Bonchev–Trinajstić information content (AvgIpc) is 2.94. The number of amides is 1. The van der Waals surface area contributed by atoms with Gasteiger partial charge in [0.1, 0.15) is 6.04 Å². The maximum Gasteiger partial charge on any atom is 0.322 e. The third-order valence-electron chi connectivity index (χ3n) is 4.44. The lowest BCUT2D eigenvalue weighted by molar-refractivity contribution is -0.145. The van der Waals surface area contributed by atoms with Crippen molar-refractivity contribution in [2.24, 2.45) is 0 Å². The molecule has 6 heteroatoms. The molecule has 0 aromatic heterocycles. The summed E-state index contributed by atoms with van der Waals surface area (Å²) in [5.74, 6) is -0.587. The standard InChI is InChI=1S/C12H19N3O3/c16-11-6-9(8-2-1-4-15(8)11)14-5-3-13-7-10(14)12(17)18/h8-10,13H,1-7H2,(H,17,18). The van der Waals surface area contributed by atoms with Crippen LogP contribution < -0.4 is 5.32 Å². The summed E-state index contributed by atoms with van der Waals surface area (Å²) < 4.78 is 0. The van der Waals surface area contributed by atoms with Crippen molar-refractivity contribution in [3.8, 4) is 0 Å². The zero-order valence-corrected chi connectivity index (χ0v) is 10.3. The van der Waals surface area contributed by atoms with E-state index in [1.807, 2.05) is 9.80 Å². The van der Waals surface area contributed by atoms with Crippen LogP contribution in [-0.2, 0) is 9.59 Å². The number of fused-ring (bicyclic) bond motifs is 1. The van der Waals surface area contributed by atoms with Gasteiger partial charge in [-0.1, -0.05) is 0 Å². The van der Waals surface area contributed by atoms with Crippen LogP contribution in [0.25, 0.3) is 0 Å². The van der Waals surface area contributed by atoms with E-state index >= 15 is 0 Å². The van der Waals surface area contributed by atoms with Crippen molar-refractivity contribution in [2.45, 2.75) is 37.4 Å².